The van der Waals surface area contributed by atoms with Gasteiger partial charge >= 0.3 is 0 Å². The summed E-state index contributed by atoms with van der Waals surface area (Å²) in [6.45, 7) is 2.77. The van der Waals surface area contributed by atoms with Crippen molar-refractivity contribution in [1.29, 1.82) is 0 Å². The van der Waals surface area contributed by atoms with Gasteiger partial charge < -0.3 is 10.6 Å². The average molecular weight is 288 g/mol. The highest BCUT2D eigenvalue weighted by Crippen LogP contribution is 2.33. The smallest absolute Gasteiger partial charge is 0.227 e. The summed E-state index contributed by atoms with van der Waals surface area (Å²) < 4.78 is 0. The lowest BCUT2D eigenvalue weighted by molar-refractivity contribution is -0.117. The van der Waals surface area contributed by atoms with Gasteiger partial charge in [-0.05, 0) is 24.1 Å². The molecule has 0 bridgehead atoms. The van der Waals surface area contributed by atoms with Crippen LogP contribution in [0.25, 0.3) is 0 Å². The van der Waals surface area contributed by atoms with Crippen molar-refractivity contribution in [2.45, 2.75) is 25.7 Å². The molecule has 0 radical (unpaired) electrons. The van der Waals surface area contributed by atoms with Gasteiger partial charge in [0.25, 0.3) is 0 Å². The minimum atomic E-state index is 0.100. The Kier molecular flexibility index (Phi) is 3.40. The highest BCUT2D eigenvalue weighted by Gasteiger charge is 2.33. The third-order valence-electron chi connectivity index (χ3n) is 3.59. The van der Waals surface area contributed by atoms with E-state index in [1.54, 1.807) is 0 Å². The van der Waals surface area contributed by atoms with Crippen molar-refractivity contribution in [2.75, 3.05) is 17.2 Å². The number of aromatic nitrogens is 2. The first-order valence-electron chi connectivity index (χ1n) is 6.65. The zero-order valence-corrected chi connectivity index (χ0v) is 12.1. The van der Waals surface area contributed by atoms with Gasteiger partial charge in [0.15, 0.2) is 0 Å². The second kappa shape index (κ2) is 5.20. The van der Waals surface area contributed by atoms with Crippen LogP contribution in [0.5, 0.6) is 0 Å². The van der Waals surface area contributed by atoms with Crippen molar-refractivity contribution >= 4 is 28.1 Å². The van der Waals surface area contributed by atoms with Crippen LogP contribution >= 0.6 is 11.3 Å². The van der Waals surface area contributed by atoms with Crippen LogP contribution in [0, 0.1) is 0 Å². The van der Waals surface area contributed by atoms with Crippen molar-refractivity contribution in [3.05, 3.63) is 34.8 Å². The van der Waals surface area contributed by atoms with Crippen LogP contribution in [0.15, 0.2) is 24.3 Å². The summed E-state index contributed by atoms with van der Waals surface area (Å²) in [6, 6.07) is 8.15. The molecule has 1 aromatic heterocycles. The van der Waals surface area contributed by atoms with E-state index in [4.69, 9.17) is 5.73 Å². The van der Waals surface area contributed by atoms with Crippen LogP contribution < -0.4 is 10.6 Å². The van der Waals surface area contributed by atoms with Crippen LogP contribution in [-0.4, -0.2) is 22.6 Å². The maximum absolute atomic E-state index is 12.2. The molecule has 0 aliphatic carbocycles. The number of rotatable bonds is 3. The van der Waals surface area contributed by atoms with Crippen LogP contribution in [0.3, 0.4) is 0 Å². The van der Waals surface area contributed by atoms with Crippen LogP contribution in [0.4, 0.5) is 10.8 Å². The van der Waals surface area contributed by atoms with Gasteiger partial charge in [-0.2, -0.15) is 0 Å². The summed E-state index contributed by atoms with van der Waals surface area (Å²) in [5, 5.41) is 9.18. The van der Waals surface area contributed by atoms with E-state index < -0.39 is 0 Å². The number of hydrogen-bond donors (Lipinski definition) is 1. The molecule has 2 aromatic rings. The summed E-state index contributed by atoms with van der Waals surface area (Å²) in [6.07, 6.45) is 1.48. The van der Waals surface area contributed by atoms with Gasteiger partial charge in [-0.25, -0.2) is 0 Å². The first-order chi connectivity index (χ1) is 9.67. The second-order valence-corrected chi connectivity index (χ2v) is 5.94. The third-order valence-corrected chi connectivity index (χ3v) is 4.50. The molecule has 1 aliphatic rings. The Bertz CT molecular complexity index is 622. The molecule has 1 amide bonds. The zero-order chi connectivity index (χ0) is 14.1. The van der Waals surface area contributed by atoms with E-state index in [1.807, 2.05) is 17.0 Å². The van der Waals surface area contributed by atoms with E-state index in [0.29, 0.717) is 18.1 Å². The number of nitrogens with two attached hydrogens (primary N) is 1. The third kappa shape index (κ3) is 2.38. The van der Waals surface area contributed by atoms with E-state index in [9.17, 15) is 4.79 Å². The van der Waals surface area contributed by atoms with Gasteiger partial charge in [-0.1, -0.05) is 30.4 Å². The number of nitrogens with zero attached hydrogens (tertiary/aromatic N) is 3. The molecule has 1 saturated heterocycles. The van der Waals surface area contributed by atoms with Crippen molar-refractivity contribution in [2.24, 2.45) is 0 Å². The van der Waals surface area contributed by atoms with Gasteiger partial charge in [-0.15, -0.1) is 10.2 Å². The molecular weight excluding hydrogens is 272 g/mol. The fraction of sp³-hybridized carbons (Fsp3) is 0.357. The monoisotopic (exact) mass is 288 g/mol. The number of carbonyl (C=O) groups excluding carboxylic acids is 1. The number of amides is 1. The van der Waals surface area contributed by atoms with Gasteiger partial charge in [0.05, 0.1) is 0 Å². The Morgan fingerprint density at radius 1 is 1.35 bits per heavy atom. The van der Waals surface area contributed by atoms with E-state index in [0.717, 1.165) is 17.1 Å². The van der Waals surface area contributed by atoms with Crippen molar-refractivity contribution in [3.63, 3.8) is 0 Å². The lowest BCUT2D eigenvalue weighted by Crippen LogP contribution is -2.24. The number of carbonyl (C=O) groups is 1. The maximum atomic E-state index is 12.2. The summed E-state index contributed by atoms with van der Waals surface area (Å²) in [5.41, 5.74) is 7.83. The minimum absolute atomic E-state index is 0.100. The number of aryl methyl sites for hydroxylation is 1. The molecule has 20 heavy (non-hydrogen) atoms. The second-order valence-electron chi connectivity index (χ2n) is 4.90. The number of hydrogen-bond acceptors (Lipinski definition) is 5. The van der Waals surface area contributed by atoms with Crippen LogP contribution in [0.2, 0.25) is 0 Å². The summed E-state index contributed by atoms with van der Waals surface area (Å²) in [7, 11) is 0. The van der Waals surface area contributed by atoms with Crippen molar-refractivity contribution < 1.29 is 4.79 Å². The molecule has 5 nitrogen and oxygen atoms in total. The summed E-state index contributed by atoms with van der Waals surface area (Å²) in [5.74, 6) is 0.233. The lowest BCUT2D eigenvalue weighted by Gasteiger charge is -2.16. The quantitative estimate of drug-likeness (QED) is 0.939. The van der Waals surface area contributed by atoms with Crippen LogP contribution in [0.1, 0.15) is 29.8 Å². The topological polar surface area (TPSA) is 72.1 Å². The molecule has 0 saturated carbocycles. The molecule has 2 heterocycles. The van der Waals surface area contributed by atoms with Gasteiger partial charge in [0.1, 0.15) is 5.01 Å². The maximum Gasteiger partial charge on any atom is 0.227 e. The molecule has 0 spiro atoms. The number of anilines is 2. The van der Waals surface area contributed by atoms with Crippen molar-refractivity contribution in [1.82, 2.24) is 10.2 Å². The molecule has 0 unspecified atom stereocenters. The SMILES string of the molecule is CCc1ccc(N2C[C@@H](c3nnc(N)s3)CC2=O)cc1. The average Bonchev–Trinajstić information content (AvgIpc) is 3.05. The fourth-order valence-corrected chi connectivity index (χ4v) is 3.15. The highest BCUT2D eigenvalue weighted by atomic mass is 32.1. The van der Waals surface area contributed by atoms with E-state index in [-0.39, 0.29) is 11.8 Å². The number of nitrogen functional groups attached to an aromatic ring is 1. The normalized spacial score (nSPS) is 18.8. The Labute approximate surface area is 121 Å². The largest absolute Gasteiger partial charge is 0.374 e. The number of benzene rings is 1. The standard InChI is InChI=1S/C14H16N4OS/c1-2-9-3-5-11(6-4-9)18-8-10(7-12(18)19)13-16-17-14(15)20-13/h3-6,10H,2,7-8H2,1H3,(H2,15,17)/t10-/m0/s1. The van der Waals surface area contributed by atoms with E-state index >= 15 is 0 Å². The fourth-order valence-electron chi connectivity index (χ4n) is 2.45. The molecule has 1 atom stereocenters. The minimum Gasteiger partial charge on any atom is -0.374 e. The van der Waals surface area contributed by atoms with E-state index in [1.165, 1.54) is 16.9 Å². The first-order valence-corrected chi connectivity index (χ1v) is 7.47. The Morgan fingerprint density at radius 2 is 2.10 bits per heavy atom. The van der Waals surface area contributed by atoms with Gasteiger partial charge in [0.2, 0.25) is 11.0 Å². The molecule has 3 rings (SSSR count). The first kappa shape index (κ1) is 13.1. The molecule has 2 N–H and O–H groups in total. The predicted octanol–water partition coefficient (Wildman–Crippen LogP) is 2.20. The molecular formula is C14H16N4OS. The van der Waals surface area contributed by atoms with Gasteiger partial charge in [0, 0.05) is 24.6 Å². The van der Waals surface area contributed by atoms with E-state index in [2.05, 4.69) is 29.3 Å². The summed E-state index contributed by atoms with van der Waals surface area (Å²) >= 11 is 1.37. The molecule has 104 valence electrons. The molecule has 1 fully saturated rings. The predicted molar refractivity (Wildman–Crippen MR) is 79.9 cm³/mol. The highest BCUT2D eigenvalue weighted by molar-refractivity contribution is 7.15. The summed E-state index contributed by atoms with van der Waals surface area (Å²) in [4.78, 5) is 14.0. The molecule has 1 aromatic carbocycles. The van der Waals surface area contributed by atoms with Gasteiger partial charge in [-0.3, -0.25) is 4.79 Å². The lowest BCUT2D eigenvalue weighted by atomic mass is 10.1. The Morgan fingerprint density at radius 3 is 2.70 bits per heavy atom. The van der Waals surface area contributed by atoms with Crippen molar-refractivity contribution in [3.8, 4) is 0 Å². The van der Waals surface area contributed by atoms with Crippen LogP contribution in [-0.2, 0) is 11.2 Å². The zero-order valence-electron chi connectivity index (χ0n) is 11.2. The Hall–Kier alpha value is -1.95. The molecule has 1 aliphatic heterocycles. The Balaban J connectivity index is 1.79. The molecule has 6 heteroatoms.